The van der Waals surface area contributed by atoms with Gasteiger partial charge < -0.3 is 19.9 Å². The van der Waals surface area contributed by atoms with Crippen molar-refractivity contribution in [2.24, 2.45) is 0 Å². The number of hydrogen-bond acceptors (Lipinski definition) is 7. The summed E-state index contributed by atoms with van der Waals surface area (Å²) in [6.07, 6.45) is -0.262. The lowest BCUT2D eigenvalue weighted by atomic mass is 10.0. The van der Waals surface area contributed by atoms with Crippen LogP contribution in [0.3, 0.4) is 0 Å². The first-order chi connectivity index (χ1) is 9.60. The molecular weight excluding hydrogens is 282 g/mol. The standard InChI is InChI=1S/C13H17NO5S/c1-3-17-12(15)8-7-5-6-19-9(13(16)18-4-2)10(7)20-11(8)14/h9H,3-6,14H2,1-2H3. The van der Waals surface area contributed by atoms with E-state index in [-0.39, 0.29) is 13.2 Å². The van der Waals surface area contributed by atoms with Crippen molar-refractivity contribution in [3.63, 3.8) is 0 Å². The van der Waals surface area contributed by atoms with Gasteiger partial charge >= 0.3 is 11.9 Å². The second-order valence-corrected chi connectivity index (χ2v) is 5.24. The van der Waals surface area contributed by atoms with Gasteiger partial charge in [0.1, 0.15) is 5.00 Å². The fourth-order valence-corrected chi connectivity index (χ4v) is 3.28. The van der Waals surface area contributed by atoms with Gasteiger partial charge in [0.15, 0.2) is 6.10 Å². The summed E-state index contributed by atoms with van der Waals surface area (Å²) in [4.78, 5) is 24.5. The monoisotopic (exact) mass is 299 g/mol. The molecule has 0 radical (unpaired) electrons. The van der Waals surface area contributed by atoms with Crippen LogP contribution in [0.25, 0.3) is 0 Å². The molecule has 2 heterocycles. The van der Waals surface area contributed by atoms with Crippen LogP contribution in [-0.4, -0.2) is 31.8 Å². The highest BCUT2D eigenvalue weighted by Crippen LogP contribution is 2.40. The van der Waals surface area contributed by atoms with E-state index in [2.05, 4.69) is 0 Å². The van der Waals surface area contributed by atoms with Crippen molar-refractivity contribution in [1.29, 1.82) is 0 Å². The quantitative estimate of drug-likeness (QED) is 0.851. The van der Waals surface area contributed by atoms with Gasteiger partial charge in [0, 0.05) is 0 Å². The van der Waals surface area contributed by atoms with Gasteiger partial charge in [-0.1, -0.05) is 0 Å². The van der Waals surface area contributed by atoms with Crippen molar-refractivity contribution in [3.8, 4) is 0 Å². The first-order valence-electron chi connectivity index (χ1n) is 6.46. The van der Waals surface area contributed by atoms with Gasteiger partial charge in [-0.15, -0.1) is 11.3 Å². The predicted octanol–water partition coefficient (Wildman–Crippen LogP) is 1.68. The largest absolute Gasteiger partial charge is 0.464 e. The summed E-state index contributed by atoms with van der Waals surface area (Å²) in [5, 5.41) is 0.355. The first-order valence-corrected chi connectivity index (χ1v) is 7.28. The molecule has 0 bridgehead atoms. The Bertz CT molecular complexity index is 525. The van der Waals surface area contributed by atoms with Crippen molar-refractivity contribution in [2.45, 2.75) is 26.4 Å². The van der Waals surface area contributed by atoms with Crippen molar-refractivity contribution >= 4 is 28.3 Å². The topological polar surface area (TPSA) is 87.9 Å². The molecule has 1 aromatic heterocycles. The lowest BCUT2D eigenvalue weighted by molar-refractivity contribution is -0.157. The Morgan fingerprint density at radius 2 is 2.05 bits per heavy atom. The van der Waals surface area contributed by atoms with Crippen LogP contribution in [0.15, 0.2) is 0 Å². The summed E-state index contributed by atoms with van der Waals surface area (Å²) in [6.45, 7) is 4.37. The van der Waals surface area contributed by atoms with E-state index in [4.69, 9.17) is 19.9 Å². The van der Waals surface area contributed by atoms with Crippen LogP contribution in [0.1, 0.15) is 40.8 Å². The van der Waals surface area contributed by atoms with Crippen LogP contribution in [0, 0.1) is 0 Å². The van der Waals surface area contributed by atoms with Gasteiger partial charge in [-0.3, -0.25) is 0 Å². The number of nitrogens with two attached hydrogens (primary N) is 1. The van der Waals surface area contributed by atoms with Crippen molar-refractivity contribution < 1.29 is 23.8 Å². The Morgan fingerprint density at radius 3 is 2.70 bits per heavy atom. The van der Waals surface area contributed by atoms with E-state index in [1.165, 1.54) is 11.3 Å². The number of carbonyl (C=O) groups is 2. The molecule has 1 aliphatic heterocycles. The van der Waals surface area contributed by atoms with E-state index in [0.29, 0.717) is 28.5 Å². The number of anilines is 1. The highest BCUT2D eigenvalue weighted by Gasteiger charge is 2.35. The van der Waals surface area contributed by atoms with Gasteiger partial charge in [-0.05, 0) is 25.8 Å². The molecular formula is C13H17NO5S. The molecule has 0 amide bonds. The van der Waals surface area contributed by atoms with Gasteiger partial charge in [0.2, 0.25) is 0 Å². The predicted molar refractivity (Wildman–Crippen MR) is 73.7 cm³/mol. The maximum atomic E-state index is 11.9. The maximum Gasteiger partial charge on any atom is 0.341 e. The molecule has 6 nitrogen and oxygen atoms in total. The van der Waals surface area contributed by atoms with Crippen LogP contribution in [0.4, 0.5) is 5.00 Å². The molecule has 110 valence electrons. The average molecular weight is 299 g/mol. The van der Waals surface area contributed by atoms with Crippen LogP contribution < -0.4 is 5.73 Å². The van der Waals surface area contributed by atoms with Gasteiger partial charge in [0.05, 0.1) is 30.3 Å². The van der Waals surface area contributed by atoms with Gasteiger partial charge in [0.25, 0.3) is 0 Å². The number of carbonyl (C=O) groups excluding carboxylic acids is 2. The molecule has 2 N–H and O–H groups in total. The van der Waals surface area contributed by atoms with Crippen molar-refractivity contribution in [2.75, 3.05) is 25.6 Å². The van der Waals surface area contributed by atoms with Crippen LogP contribution >= 0.6 is 11.3 Å². The summed E-state index contributed by atoms with van der Waals surface area (Å²) < 4.78 is 15.4. The number of fused-ring (bicyclic) bond motifs is 1. The third-order valence-electron chi connectivity index (χ3n) is 2.92. The number of esters is 2. The average Bonchev–Trinajstić information content (AvgIpc) is 2.74. The smallest absolute Gasteiger partial charge is 0.341 e. The molecule has 0 fully saturated rings. The molecule has 1 unspecified atom stereocenters. The molecule has 1 aliphatic rings. The highest BCUT2D eigenvalue weighted by atomic mass is 32.1. The minimum atomic E-state index is -0.797. The van der Waals surface area contributed by atoms with E-state index in [0.717, 1.165) is 5.56 Å². The van der Waals surface area contributed by atoms with E-state index in [9.17, 15) is 9.59 Å². The SMILES string of the molecule is CCOC(=O)c1c(N)sc2c1CCOC2C(=O)OCC. The van der Waals surface area contributed by atoms with E-state index in [1.807, 2.05) is 0 Å². The second-order valence-electron chi connectivity index (χ2n) is 4.16. The molecule has 0 aliphatic carbocycles. The molecule has 0 saturated heterocycles. The molecule has 2 rings (SSSR count). The summed E-state index contributed by atoms with van der Waals surface area (Å²) in [7, 11) is 0. The summed E-state index contributed by atoms with van der Waals surface area (Å²) in [6, 6.07) is 0. The Balaban J connectivity index is 2.37. The summed E-state index contributed by atoms with van der Waals surface area (Å²) >= 11 is 1.18. The third-order valence-corrected chi connectivity index (χ3v) is 4.02. The van der Waals surface area contributed by atoms with E-state index in [1.54, 1.807) is 13.8 Å². The first kappa shape index (κ1) is 14.8. The molecule has 7 heteroatoms. The van der Waals surface area contributed by atoms with Crippen LogP contribution in [-0.2, 0) is 25.4 Å². The summed E-state index contributed by atoms with van der Waals surface area (Å²) in [5.41, 5.74) is 7.01. The Kier molecular flexibility index (Phi) is 4.61. The molecule has 0 aromatic carbocycles. The van der Waals surface area contributed by atoms with Gasteiger partial charge in [-0.2, -0.15) is 0 Å². The summed E-state index contributed by atoms with van der Waals surface area (Å²) in [5.74, 6) is -0.905. The normalized spacial score (nSPS) is 17.4. The molecule has 0 saturated carbocycles. The molecule has 1 aromatic rings. The molecule has 20 heavy (non-hydrogen) atoms. The van der Waals surface area contributed by atoms with E-state index < -0.39 is 18.0 Å². The lowest BCUT2D eigenvalue weighted by Crippen LogP contribution is -2.24. The zero-order valence-corrected chi connectivity index (χ0v) is 12.2. The molecule has 1 atom stereocenters. The fourth-order valence-electron chi connectivity index (χ4n) is 2.14. The zero-order chi connectivity index (χ0) is 14.7. The Labute approximate surface area is 120 Å². The van der Waals surface area contributed by atoms with Crippen molar-refractivity contribution in [1.82, 2.24) is 0 Å². The maximum absolute atomic E-state index is 11.9. The number of hydrogen-bond donors (Lipinski definition) is 1. The third kappa shape index (κ3) is 2.64. The van der Waals surface area contributed by atoms with Crippen LogP contribution in [0.2, 0.25) is 0 Å². The second kappa shape index (κ2) is 6.23. The number of rotatable bonds is 4. The zero-order valence-electron chi connectivity index (χ0n) is 11.4. The number of nitrogen functional groups attached to an aromatic ring is 1. The molecule has 0 spiro atoms. The minimum absolute atomic E-state index is 0.277. The Morgan fingerprint density at radius 1 is 1.35 bits per heavy atom. The van der Waals surface area contributed by atoms with Gasteiger partial charge in [-0.25, -0.2) is 9.59 Å². The fraction of sp³-hybridized carbons (Fsp3) is 0.538. The number of ether oxygens (including phenoxy) is 3. The van der Waals surface area contributed by atoms with Crippen LogP contribution in [0.5, 0.6) is 0 Å². The van der Waals surface area contributed by atoms with Crippen molar-refractivity contribution in [3.05, 3.63) is 16.0 Å². The lowest BCUT2D eigenvalue weighted by Gasteiger charge is -2.21. The highest BCUT2D eigenvalue weighted by molar-refractivity contribution is 7.16. The minimum Gasteiger partial charge on any atom is -0.464 e. The van der Waals surface area contributed by atoms with E-state index >= 15 is 0 Å². The number of thiophene rings is 1. The Hall–Kier alpha value is -1.60.